The summed E-state index contributed by atoms with van der Waals surface area (Å²) in [7, 11) is 0. The standard InChI is InChI=1S/C21H20ClNO4S/c22-16-5-9-18(10-6-16)28-13-11-21(26)27-14-19(24)15-3-7-17(8-4-15)23-12-1-2-20(23)25/h3-10H,1-2,11-14H2. The molecule has 0 saturated carbocycles. The van der Waals surface area contributed by atoms with Crippen molar-refractivity contribution in [1.29, 1.82) is 0 Å². The first kappa shape index (κ1) is 20.4. The molecule has 0 spiro atoms. The lowest BCUT2D eigenvalue weighted by molar-refractivity contribution is -0.142. The molecule has 0 atom stereocenters. The third kappa shape index (κ3) is 5.59. The predicted octanol–water partition coefficient (Wildman–Crippen LogP) is 4.38. The second-order valence-electron chi connectivity index (χ2n) is 6.33. The lowest BCUT2D eigenvalue weighted by Gasteiger charge is -2.15. The van der Waals surface area contributed by atoms with Gasteiger partial charge in [-0.1, -0.05) is 11.6 Å². The number of benzene rings is 2. The van der Waals surface area contributed by atoms with Crippen molar-refractivity contribution in [2.45, 2.75) is 24.2 Å². The number of carbonyl (C=O) groups excluding carboxylic acids is 3. The molecule has 1 aliphatic rings. The van der Waals surface area contributed by atoms with E-state index in [1.165, 1.54) is 11.8 Å². The highest BCUT2D eigenvalue weighted by molar-refractivity contribution is 7.99. The lowest BCUT2D eigenvalue weighted by Crippen LogP contribution is -2.23. The number of hydrogen-bond acceptors (Lipinski definition) is 5. The molecule has 0 N–H and O–H groups in total. The minimum Gasteiger partial charge on any atom is -0.457 e. The van der Waals surface area contributed by atoms with E-state index in [1.807, 2.05) is 12.1 Å². The maximum absolute atomic E-state index is 12.2. The molecule has 2 aromatic carbocycles. The van der Waals surface area contributed by atoms with Crippen molar-refractivity contribution in [1.82, 2.24) is 0 Å². The van der Waals surface area contributed by atoms with Gasteiger partial charge in [0.05, 0.1) is 6.42 Å². The number of hydrogen-bond donors (Lipinski definition) is 0. The van der Waals surface area contributed by atoms with Gasteiger partial charge in [-0.3, -0.25) is 14.4 Å². The van der Waals surface area contributed by atoms with E-state index in [0.717, 1.165) is 17.0 Å². The summed E-state index contributed by atoms with van der Waals surface area (Å²) in [6.45, 7) is 0.421. The van der Waals surface area contributed by atoms with Gasteiger partial charge in [-0.15, -0.1) is 11.8 Å². The molecule has 1 saturated heterocycles. The first-order chi connectivity index (χ1) is 13.5. The number of ether oxygens (including phenoxy) is 1. The maximum Gasteiger partial charge on any atom is 0.307 e. The number of Topliss-reactive ketones (excluding diaryl/α,β-unsaturated/α-hetero) is 1. The van der Waals surface area contributed by atoms with E-state index in [-0.39, 0.29) is 24.7 Å². The zero-order chi connectivity index (χ0) is 19.9. The number of rotatable bonds is 8. The van der Waals surface area contributed by atoms with Crippen LogP contribution in [0.5, 0.6) is 0 Å². The quantitative estimate of drug-likeness (QED) is 0.362. The smallest absolute Gasteiger partial charge is 0.307 e. The molecule has 7 heteroatoms. The highest BCUT2D eigenvalue weighted by Crippen LogP contribution is 2.22. The average Bonchev–Trinajstić information content (AvgIpc) is 3.13. The van der Waals surface area contributed by atoms with E-state index in [0.29, 0.717) is 29.3 Å². The summed E-state index contributed by atoms with van der Waals surface area (Å²) in [6, 6.07) is 14.2. The molecule has 1 aliphatic heterocycles. The fourth-order valence-electron chi connectivity index (χ4n) is 2.83. The third-order valence-electron chi connectivity index (χ3n) is 4.33. The fraction of sp³-hybridized carbons (Fsp3) is 0.286. The summed E-state index contributed by atoms with van der Waals surface area (Å²) >= 11 is 7.36. The molecule has 0 bridgehead atoms. The molecule has 1 fully saturated rings. The Hall–Kier alpha value is -2.31. The number of carbonyl (C=O) groups is 3. The van der Waals surface area contributed by atoms with Crippen LogP contribution in [0.15, 0.2) is 53.4 Å². The number of thioether (sulfide) groups is 1. The van der Waals surface area contributed by atoms with Crippen LogP contribution in [-0.4, -0.2) is 36.6 Å². The number of anilines is 1. The summed E-state index contributed by atoms with van der Waals surface area (Å²) in [6.07, 6.45) is 1.63. The van der Waals surface area contributed by atoms with Crippen LogP contribution in [0.25, 0.3) is 0 Å². The normalized spacial score (nSPS) is 13.6. The van der Waals surface area contributed by atoms with Crippen LogP contribution in [0.2, 0.25) is 5.02 Å². The van der Waals surface area contributed by atoms with E-state index in [9.17, 15) is 14.4 Å². The van der Waals surface area contributed by atoms with Gasteiger partial charge in [0.2, 0.25) is 5.91 Å². The van der Waals surface area contributed by atoms with Gasteiger partial charge in [-0.2, -0.15) is 0 Å². The number of nitrogens with zero attached hydrogens (tertiary/aromatic N) is 1. The first-order valence-electron chi connectivity index (χ1n) is 9.00. The van der Waals surface area contributed by atoms with Gasteiger partial charge in [-0.05, 0) is 55.0 Å². The van der Waals surface area contributed by atoms with E-state index in [4.69, 9.17) is 16.3 Å². The van der Waals surface area contributed by atoms with Gasteiger partial charge < -0.3 is 9.64 Å². The zero-order valence-corrected chi connectivity index (χ0v) is 16.8. The van der Waals surface area contributed by atoms with Crippen LogP contribution in [0, 0.1) is 0 Å². The second-order valence-corrected chi connectivity index (χ2v) is 7.94. The molecule has 2 aromatic rings. The third-order valence-corrected chi connectivity index (χ3v) is 5.59. The fourth-order valence-corrected chi connectivity index (χ4v) is 3.79. The van der Waals surface area contributed by atoms with Crippen molar-refractivity contribution in [3.8, 4) is 0 Å². The molecule has 28 heavy (non-hydrogen) atoms. The SMILES string of the molecule is O=C(CCSc1ccc(Cl)cc1)OCC(=O)c1ccc(N2CCCC2=O)cc1. The number of halogens is 1. The Bertz CT molecular complexity index is 852. The Morgan fingerprint density at radius 2 is 1.79 bits per heavy atom. The number of ketones is 1. The Balaban J connectivity index is 1.41. The molecule has 1 amide bonds. The molecule has 0 unspecified atom stereocenters. The van der Waals surface area contributed by atoms with Gasteiger partial charge in [0.25, 0.3) is 0 Å². The Labute approximate surface area is 173 Å². The van der Waals surface area contributed by atoms with Crippen LogP contribution in [0.3, 0.4) is 0 Å². The molecule has 1 heterocycles. The maximum atomic E-state index is 12.2. The summed E-state index contributed by atoms with van der Waals surface area (Å²) in [5, 5.41) is 0.669. The van der Waals surface area contributed by atoms with Crippen molar-refractivity contribution >= 4 is 46.7 Å². The lowest BCUT2D eigenvalue weighted by atomic mass is 10.1. The summed E-state index contributed by atoms with van der Waals surface area (Å²) < 4.78 is 5.07. The predicted molar refractivity (Wildman–Crippen MR) is 110 cm³/mol. The van der Waals surface area contributed by atoms with Crippen LogP contribution in [-0.2, 0) is 14.3 Å². The topological polar surface area (TPSA) is 63.7 Å². The van der Waals surface area contributed by atoms with E-state index < -0.39 is 5.97 Å². The molecular formula is C21H20ClNO4S. The van der Waals surface area contributed by atoms with Gasteiger partial charge in [-0.25, -0.2) is 0 Å². The first-order valence-corrected chi connectivity index (χ1v) is 10.4. The van der Waals surface area contributed by atoms with E-state index >= 15 is 0 Å². The van der Waals surface area contributed by atoms with Gasteiger partial charge in [0, 0.05) is 39.9 Å². The molecular weight excluding hydrogens is 398 g/mol. The number of amides is 1. The van der Waals surface area contributed by atoms with Crippen LogP contribution < -0.4 is 4.90 Å². The van der Waals surface area contributed by atoms with Gasteiger partial charge in [0.15, 0.2) is 12.4 Å². The van der Waals surface area contributed by atoms with Crippen molar-refractivity contribution in [2.24, 2.45) is 0 Å². The Morgan fingerprint density at radius 1 is 1.07 bits per heavy atom. The van der Waals surface area contributed by atoms with E-state index in [2.05, 4.69) is 0 Å². The molecule has 0 aliphatic carbocycles. The molecule has 5 nitrogen and oxygen atoms in total. The minimum absolute atomic E-state index is 0.101. The zero-order valence-electron chi connectivity index (χ0n) is 15.2. The number of esters is 1. The highest BCUT2D eigenvalue weighted by atomic mass is 35.5. The van der Waals surface area contributed by atoms with Crippen molar-refractivity contribution in [2.75, 3.05) is 23.8 Å². The van der Waals surface area contributed by atoms with Crippen LogP contribution in [0.1, 0.15) is 29.6 Å². The molecule has 0 aromatic heterocycles. The second kappa shape index (κ2) is 9.75. The van der Waals surface area contributed by atoms with Gasteiger partial charge >= 0.3 is 5.97 Å². The largest absolute Gasteiger partial charge is 0.457 e. The van der Waals surface area contributed by atoms with Crippen LogP contribution >= 0.6 is 23.4 Å². The van der Waals surface area contributed by atoms with Crippen LogP contribution in [0.4, 0.5) is 5.69 Å². The summed E-state index contributed by atoms with van der Waals surface area (Å²) in [5.74, 6) is -0.00990. The molecule has 0 radical (unpaired) electrons. The summed E-state index contributed by atoms with van der Waals surface area (Å²) in [5.41, 5.74) is 1.24. The Morgan fingerprint density at radius 3 is 2.43 bits per heavy atom. The monoisotopic (exact) mass is 417 g/mol. The van der Waals surface area contributed by atoms with Crippen molar-refractivity contribution < 1.29 is 19.1 Å². The molecule has 146 valence electrons. The van der Waals surface area contributed by atoms with Gasteiger partial charge in [0.1, 0.15) is 0 Å². The van der Waals surface area contributed by atoms with E-state index in [1.54, 1.807) is 41.3 Å². The average molecular weight is 418 g/mol. The minimum atomic E-state index is -0.408. The van der Waals surface area contributed by atoms with Crippen molar-refractivity contribution in [3.63, 3.8) is 0 Å². The molecule has 3 rings (SSSR count). The summed E-state index contributed by atoms with van der Waals surface area (Å²) in [4.78, 5) is 38.5. The Kier molecular flexibility index (Phi) is 7.12. The van der Waals surface area contributed by atoms with Crippen molar-refractivity contribution in [3.05, 3.63) is 59.1 Å². The highest BCUT2D eigenvalue weighted by Gasteiger charge is 2.21.